The van der Waals surface area contributed by atoms with Crippen LogP contribution in [0.1, 0.15) is 37.1 Å². The van der Waals surface area contributed by atoms with Crippen molar-refractivity contribution in [3.63, 3.8) is 0 Å². The SMILES string of the molecule is C=C(C)N1CC[C@@]2(CC1C)OCCc1ccsc12. The van der Waals surface area contributed by atoms with E-state index in [1.54, 1.807) is 0 Å². The third-order valence-corrected chi connectivity index (χ3v) is 5.46. The first kappa shape index (κ1) is 12.2. The van der Waals surface area contributed by atoms with Gasteiger partial charge >= 0.3 is 0 Å². The van der Waals surface area contributed by atoms with Crippen molar-refractivity contribution in [3.05, 3.63) is 34.2 Å². The molecule has 18 heavy (non-hydrogen) atoms. The van der Waals surface area contributed by atoms with Crippen molar-refractivity contribution in [2.24, 2.45) is 0 Å². The van der Waals surface area contributed by atoms with Crippen molar-refractivity contribution >= 4 is 11.3 Å². The molecule has 1 saturated heterocycles. The largest absolute Gasteiger partial charge is 0.373 e. The van der Waals surface area contributed by atoms with Gasteiger partial charge in [-0.25, -0.2) is 0 Å². The van der Waals surface area contributed by atoms with Gasteiger partial charge in [0, 0.05) is 29.6 Å². The third kappa shape index (κ3) is 1.81. The lowest BCUT2D eigenvalue weighted by atomic mass is 9.82. The molecule has 0 radical (unpaired) electrons. The first-order chi connectivity index (χ1) is 8.62. The van der Waals surface area contributed by atoms with Crippen molar-refractivity contribution in [1.82, 2.24) is 4.90 Å². The predicted molar refractivity (Wildman–Crippen MR) is 75.9 cm³/mol. The molecule has 1 aromatic heterocycles. The van der Waals surface area contributed by atoms with E-state index in [1.165, 1.54) is 16.1 Å². The molecule has 1 unspecified atom stereocenters. The average Bonchev–Trinajstić information content (AvgIpc) is 2.78. The summed E-state index contributed by atoms with van der Waals surface area (Å²) < 4.78 is 6.24. The highest BCUT2D eigenvalue weighted by Gasteiger charge is 2.44. The van der Waals surface area contributed by atoms with Crippen LogP contribution in [0.2, 0.25) is 0 Å². The molecule has 3 heterocycles. The van der Waals surface area contributed by atoms with Gasteiger partial charge in [-0.1, -0.05) is 6.58 Å². The van der Waals surface area contributed by atoms with E-state index in [0.717, 1.165) is 32.4 Å². The molecule has 1 fully saturated rings. The van der Waals surface area contributed by atoms with Gasteiger partial charge in [-0.3, -0.25) is 0 Å². The molecule has 1 aromatic rings. The molecule has 0 aromatic carbocycles. The summed E-state index contributed by atoms with van der Waals surface area (Å²) in [5.41, 5.74) is 2.69. The van der Waals surface area contributed by atoms with Gasteiger partial charge in [0.2, 0.25) is 0 Å². The molecule has 2 atom stereocenters. The highest BCUT2D eigenvalue weighted by atomic mass is 32.1. The van der Waals surface area contributed by atoms with Gasteiger partial charge in [-0.2, -0.15) is 0 Å². The van der Waals surface area contributed by atoms with Crippen LogP contribution in [0, 0.1) is 0 Å². The van der Waals surface area contributed by atoms with Gasteiger partial charge in [0.25, 0.3) is 0 Å². The van der Waals surface area contributed by atoms with E-state index in [1.807, 2.05) is 11.3 Å². The minimum Gasteiger partial charge on any atom is -0.373 e. The van der Waals surface area contributed by atoms with Gasteiger partial charge in [-0.15, -0.1) is 11.3 Å². The maximum atomic E-state index is 6.24. The van der Waals surface area contributed by atoms with Crippen LogP contribution in [0.25, 0.3) is 0 Å². The normalized spacial score (nSPS) is 31.4. The molecule has 0 bridgehead atoms. The second-order valence-electron chi connectivity index (χ2n) is 5.60. The standard InChI is InChI=1S/C15H21NOS/c1-11(2)16-7-6-15(10-12(16)3)14-13(4-8-17-15)5-9-18-14/h5,9,12H,1,4,6-8,10H2,2-3H3/t12?,15-/m0/s1. The van der Waals surface area contributed by atoms with Gasteiger partial charge in [0.05, 0.1) is 6.61 Å². The number of allylic oxidation sites excluding steroid dienone is 1. The highest BCUT2D eigenvalue weighted by Crippen LogP contribution is 2.46. The molecule has 0 saturated carbocycles. The van der Waals surface area contributed by atoms with Crippen molar-refractivity contribution in [1.29, 1.82) is 0 Å². The first-order valence-electron chi connectivity index (χ1n) is 6.75. The topological polar surface area (TPSA) is 12.5 Å². The fraction of sp³-hybridized carbons (Fsp3) is 0.600. The van der Waals surface area contributed by atoms with E-state index in [0.29, 0.717) is 6.04 Å². The maximum Gasteiger partial charge on any atom is 0.106 e. The summed E-state index contributed by atoms with van der Waals surface area (Å²) in [7, 11) is 0. The Morgan fingerprint density at radius 2 is 2.44 bits per heavy atom. The van der Waals surface area contributed by atoms with Gasteiger partial charge in [-0.05, 0) is 43.7 Å². The molecule has 98 valence electrons. The van der Waals surface area contributed by atoms with Crippen LogP contribution >= 0.6 is 11.3 Å². The third-order valence-electron chi connectivity index (χ3n) is 4.31. The van der Waals surface area contributed by atoms with Crippen LogP contribution in [0.3, 0.4) is 0 Å². The minimum absolute atomic E-state index is 0.00683. The summed E-state index contributed by atoms with van der Waals surface area (Å²) in [6, 6.07) is 2.80. The zero-order valence-electron chi connectivity index (χ0n) is 11.2. The Bertz CT molecular complexity index is 467. The fourth-order valence-electron chi connectivity index (χ4n) is 3.47. The Balaban J connectivity index is 1.89. The number of ether oxygens (including phenoxy) is 1. The van der Waals surface area contributed by atoms with E-state index < -0.39 is 0 Å². The Hall–Kier alpha value is -0.800. The highest BCUT2D eigenvalue weighted by molar-refractivity contribution is 7.10. The lowest BCUT2D eigenvalue weighted by molar-refractivity contribution is -0.103. The van der Waals surface area contributed by atoms with Crippen LogP contribution in [0.4, 0.5) is 0 Å². The number of nitrogens with zero attached hydrogens (tertiary/aromatic N) is 1. The fourth-order valence-corrected chi connectivity index (χ4v) is 4.62. The van der Waals surface area contributed by atoms with Crippen molar-refractivity contribution in [2.45, 2.75) is 44.8 Å². The molecule has 3 heteroatoms. The first-order valence-corrected chi connectivity index (χ1v) is 7.63. The lowest BCUT2D eigenvalue weighted by Crippen LogP contribution is -2.49. The number of thiophene rings is 1. The summed E-state index contributed by atoms with van der Waals surface area (Å²) in [6.07, 6.45) is 3.27. The molecular formula is C15H21NOS. The molecule has 0 amide bonds. The van der Waals surface area contributed by atoms with E-state index >= 15 is 0 Å². The molecule has 3 rings (SSSR count). The Labute approximate surface area is 113 Å². The number of likely N-dealkylation sites (tertiary alicyclic amines) is 1. The number of hydrogen-bond acceptors (Lipinski definition) is 3. The van der Waals surface area contributed by atoms with Crippen molar-refractivity contribution < 1.29 is 4.74 Å². The lowest BCUT2D eigenvalue weighted by Gasteiger charge is -2.48. The maximum absolute atomic E-state index is 6.24. The minimum atomic E-state index is -0.00683. The van der Waals surface area contributed by atoms with Crippen molar-refractivity contribution in [2.75, 3.05) is 13.2 Å². The number of hydrogen-bond donors (Lipinski definition) is 0. The quantitative estimate of drug-likeness (QED) is 0.768. The van der Waals surface area contributed by atoms with E-state index in [4.69, 9.17) is 4.74 Å². The van der Waals surface area contributed by atoms with E-state index in [2.05, 4.69) is 36.8 Å². The summed E-state index contributed by atoms with van der Waals surface area (Å²) in [4.78, 5) is 3.90. The Morgan fingerprint density at radius 1 is 1.61 bits per heavy atom. The van der Waals surface area contributed by atoms with Crippen LogP contribution in [-0.2, 0) is 16.8 Å². The molecule has 2 aliphatic rings. The predicted octanol–water partition coefficient (Wildman–Crippen LogP) is 3.53. The average molecular weight is 263 g/mol. The van der Waals surface area contributed by atoms with Crippen LogP contribution in [-0.4, -0.2) is 24.1 Å². The summed E-state index contributed by atoms with van der Waals surface area (Å²) >= 11 is 1.88. The van der Waals surface area contributed by atoms with Crippen LogP contribution < -0.4 is 0 Å². The Kier molecular flexibility index (Phi) is 2.99. The zero-order chi connectivity index (χ0) is 12.8. The summed E-state index contributed by atoms with van der Waals surface area (Å²) in [6.45, 7) is 10.4. The zero-order valence-corrected chi connectivity index (χ0v) is 12.1. The van der Waals surface area contributed by atoms with E-state index in [9.17, 15) is 0 Å². The molecule has 2 aliphatic heterocycles. The molecule has 2 nitrogen and oxygen atoms in total. The number of fused-ring (bicyclic) bond motifs is 2. The molecule has 0 N–H and O–H groups in total. The second kappa shape index (κ2) is 4.39. The second-order valence-corrected chi connectivity index (χ2v) is 6.52. The molecule has 0 aliphatic carbocycles. The van der Waals surface area contributed by atoms with Crippen LogP contribution in [0.5, 0.6) is 0 Å². The van der Waals surface area contributed by atoms with Crippen LogP contribution in [0.15, 0.2) is 23.7 Å². The molecule has 1 spiro atoms. The smallest absolute Gasteiger partial charge is 0.106 e. The Morgan fingerprint density at radius 3 is 3.17 bits per heavy atom. The monoisotopic (exact) mass is 263 g/mol. The van der Waals surface area contributed by atoms with Gasteiger partial charge in [0.1, 0.15) is 5.60 Å². The van der Waals surface area contributed by atoms with E-state index in [-0.39, 0.29) is 5.60 Å². The summed E-state index contributed by atoms with van der Waals surface area (Å²) in [5.74, 6) is 0. The molecular weight excluding hydrogens is 242 g/mol. The van der Waals surface area contributed by atoms with Gasteiger partial charge < -0.3 is 9.64 Å². The number of rotatable bonds is 1. The van der Waals surface area contributed by atoms with Crippen molar-refractivity contribution in [3.8, 4) is 0 Å². The van der Waals surface area contributed by atoms with Gasteiger partial charge in [0.15, 0.2) is 0 Å². The summed E-state index contributed by atoms with van der Waals surface area (Å²) in [5, 5.41) is 2.22. The number of piperidine rings is 1.